The van der Waals surface area contributed by atoms with E-state index in [0.29, 0.717) is 6.10 Å². The number of hydrogen-bond acceptors (Lipinski definition) is 2. The third kappa shape index (κ3) is 1.10. The largest absolute Gasteiger partial charge is 0.493 e. The third-order valence-corrected chi connectivity index (χ3v) is 5.52. The van der Waals surface area contributed by atoms with Gasteiger partial charge in [0.25, 0.3) is 0 Å². The fraction of sp³-hybridized carbons (Fsp3) is 0.625. The highest BCUT2D eigenvalue weighted by Crippen LogP contribution is 2.59. The number of benzene rings is 1. The van der Waals surface area contributed by atoms with Crippen molar-refractivity contribution in [1.29, 1.82) is 0 Å². The molecule has 1 aliphatic heterocycles. The molecule has 0 aromatic heterocycles. The molecular formula is C16H20O2. The molecule has 2 aliphatic carbocycles. The Labute approximate surface area is 108 Å². The van der Waals surface area contributed by atoms with E-state index in [1.54, 1.807) is 7.11 Å². The summed E-state index contributed by atoms with van der Waals surface area (Å²) in [5.74, 6) is 2.77. The van der Waals surface area contributed by atoms with Gasteiger partial charge in [-0.1, -0.05) is 13.0 Å². The van der Waals surface area contributed by atoms with E-state index in [9.17, 15) is 0 Å². The Bertz CT molecular complexity index is 508. The van der Waals surface area contributed by atoms with Crippen LogP contribution in [0.15, 0.2) is 12.1 Å². The molecule has 0 N–H and O–H groups in total. The first-order chi connectivity index (χ1) is 8.75. The summed E-state index contributed by atoms with van der Waals surface area (Å²) in [5, 5.41) is 0. The van der Waals surface area contributed by atoms with Gasteiger partial charge in [0, 0.05) is 11.0 Å². The lowest BCUT2D eigenvalue weighted by Crippen LogP contribution is -2.47. The second-order valence-electron chi connectivity index (χ2n) is 6.19. The van der Waals surface area contributed by atoms with E-state index in [1.165, 1.54) is 43.2 Å². The number of methoxy groups -OCH3 is 1. The first kappa shape index (κ1) is 10.7. The molecule has 3 atom stereocenters. The van der Waals surface area contributed by atoms with Crippen molar-refractivity contribution in [3.63, 3.8) is 0 Å². The van der Waals surface area contributed by atoms with Gasteiger partial charge in [0.05, 0.1) is 7.11 Å². The summed E-state index contributed by atoms with van der Waals surface area (Å²) < 4.78 is 11.8. The Kier molecular flexibility index (Phi) is 2.04. The molecule has 1 aromatic carbocycles. The topological polar surface area (TPSA) is 18.5 Å². The minimum absolute atomic E-state index is 0.246. The maximum Gasteiger partial charge on any atom is 0.165 e. The van der Waals surface area contributed by atoms with Gasteiger partial charge in [0.15, 0.2) is 11.5 Å². The average Bonchev–Trinajstić information content (AvgIpc) is 2.70. The highest BCUT2D eigenvalue weighted by molar-refractivity contribution is 5.59. The van der Waals surface area contributed by atoms with E-state index >= 15 is 0 Å². The predicted molar refractivity (Wildman–Crippen MR) is 70.4 cm³/mol. The van der Waals surface area contributed by atoms with Gasteiger partial charge in [-0.05, 0) is 49.7 Å². The number of ether oxygens (including phenoxy) is 2. The zero-order valence-corrected chi connectivity index (χ0v) is 11.2. The lowest BCUT2D eigenvalue weighted by molar-refractivity contribution is 0.0554. The molecule has 18 heavy (non-hydrogen) atoms. The zero-order valence-electron chi connectivity index (χ0n) is 11.2. The van der Waals surface area contributed by atoms with Gasteiger partial charge in [0.2, 0.25) is 0 Å². The van der Waals surface area contributed by atoms with Gasteiger partial charge in [-0.25, -0.2) is 0 Å². The summed E-state index contributed by atoms with van der Waals surface area (Å²) in [4.78, 5) is 0. The van der Waals surface area contributed by atoms with Gasteiger partial charge in [0.1, 0.15) is 6.10 Å². The highest BCUT2D eigenvalue weighted by Gasteiger charge is 2.55. The average molecular weight is 244 g/mol. The molecule has 3 aliphatic rings. The molecule has 0 radical (unpaired) electrons. The molecule has 1 heterocycles. The molecule has 0 amide bonds. The van der Waals surface area contributed by atoms with Gasteiger partial charge < -0.3 is 9.47 Å². The van der Waals surface area contributed by atoms with Gasteiger partial charge >= 0.3 is 0 Å². The van der Waals surface area contributed by atoms with Crippen LogP contribution in [-0.4, -0.2) is 13.2 Å². The monoisotopic (exact) mass is 244 g/mol. The van der Waals surface area contributed by atoms with Crippen LogP contribution >= 0.6 is 0 Å². The van der Waals surface area contributed by atoms with Crippen LogP contribution in [0, 0.1) is 5.92 Å². The van der Waals surface area contributed by atoms with Gasteiger partial charge in [-0.3, -0.25) is 0 Å². The van der Waals surface area contributed by atoms with E-state index in [1.807, 2.05) is 0 Å². The van der Waals surface area contributed by atoms with Crippen LogP contribution in [-0.2, 0) is 11.8 Å². The smallest absolute Gasteiger partial charge is 0.165 e. The van der Waals surface area contributed by atoms with Crippen LogP contribution in [0.4, 0.5) is 0 Å². The second kappa shape index (κ2) is 3.43. The van der Waals surface area contributed by atoms with Crippen molar-refractivity contribution >= 4 is 0 Å². The van der Waals surface area contributed by atoms with Crippen molar-refractivity contribution in [2.75, 3.05) is 7.11 Å². The summed E-state index contributed by atoms with van der Waals surface area (Å²) in [6, 6.07) is 4.33. The van der Waals surface area contributed by atoms with Crippen molar-refractivity contribution in [3.05, 3.63) is 23.3 Å². The maximum atomic E-state index is 6.30. The maximum absolute atomic E-state index is 6.30. The molecule has 1 fully saturated rings. The summed E-state index contributed by atoms with van der Waals surface area (Å²) in [6.45, 7) is 2.43. The molecular weight excluding hydrogens is 224 g/mol. The number of hydrogen-bond donors (Lipinski definition) is 0. The fourth-order valence-corrected chi connectivity index (χ4v) is 4.56. The Hall–Kier alpha value is -1.18. The van der Waals surface area contributed by atoms with Crippen LogP contribution in [0.1, 0.15) is 43.7 Å². The first-order valence-electron chi connectivity index (χ1n) is 7.12. The van der Waals surface area contributed by atoms with Crippen LogP contribution in [0.5, 0.6) is 11.5 Å². The summed E-state index contributed by atoms with van der Waals surface area (Å²) in [6.07, 6.45) is 6.80. The van der Waals surface area contributed by atoms with Crippen molar-refractivity contribution in [2.45, 2.75) is 50.5 Å². The molecule has 4 rings (SSSR count). The molecule has 1 aromatic rings. The SMILES string of the molecule is COc1ccc2c3c1O[C@@H]1CCC[C@H](CC2)[C@]31C. The predicted octanol–water partition coefficient (Wildman–Crippen LogP) is 3.46. The first-order valence-corrected chi connectivity index (χ1v) is 7.12. The van der Waals surface area contributed by atoms with E-state index in [0.717, 1.165) is 17.4 Å². The third-order valence-electron chi connectivity index (χ3n) is 5.52. The van der Waals surface area contributed by atoms with Crippen molar-refractivity contribution < 1.29 is 9.47 Å². The number of rotatable bonds is 1. The molecule has 0 saturated heterocycles. The molecule has 1 saturated carbocycles. The van der Waals surface area contributed by atoms with E-state index in [4.69, 9.17) is 9.47 Å². The summed E-state index contributed by atoms with van der Waals surface area (Å²) in [7, 11) is 1.74. The molecule has 2 nitrogen and oxygen atoms in total. The van der Waals surface area contributed by atoms with Crippen molar-refractivity contribution in [1.82, 2.24) is 0 Å². The van der Waals surface area contributed by atoms with E-state index < -0.39 is 0 Å². The fourth-order valence-electron chi connectivity index (χ4n) is 4.56. The quantitative estimate of drug-likeness (QED) is 0.753. The lowest BCUT2D eigenvalue weighted by atomic mass is 9.58. The number of aryl methyl sites for hydroxylation is 1. The minimum Gasteiger partial charge on any atom is -0.493 e. The van der Waals surface area contributed by atoms with Crippen LogP contribution < -0.4 is 9.47 Å². The van der Waals surface area contributed by atoms with Gasteiger partial charge in [-0.15, -0.1) is 0 Å². The van der Waals surface area contributed by atoms with Gasteiger partial charge in [-0.2, -0.15) is 0 Å². The Morgan fingerprint density at radius 3 is 3.00 bits per heavy atom. The molecule has 2 heteroatoms. The Morgan fingerprint density at radius 1 is 1.28 bits per heavy atom. The Morgan fingerprint density at radius 2 is 2.17 bits per heavy atom. The zero-order chi connectivity index (χ0) is 12.3. The van der Waals surface area contributed by atoms with Crippen molar-refractivity contribution in [3.8, 4) is 11.5 Å². The molecule has 0 bridgehead atoms. The van der Waals surface area contributed by atoms with Crippen molar-refractivity contribution in [2.24, 2.45) is 5.92 Å². The van der Waals surface area contributed by atoms with Crippen LogP contribution in [0.25, 0.3) is 0 Å². The van der Waals surface area contributed by atoms with Crippen LogP contribution in [0.2, 0.25) is 0 Å². The van der Waals surface area contributed by atoms with Crippen LogP contribution in [0.3, 0.4) is 0 Å². The molecule has 0 spiro atoms. The standard InChI is InChI=1S/C16H20O2/c1-16-11-4-3-5-13(16)18-15-12(17-2)9-7-10(6-8-11)14(15)16/h7,9,11,13H,3-6,8H2,1-2H3/t11-,13-,16+/m1/s1. The summed E-state index contributed by atoms with van der Waals surface area (Å²) >= 11 is 0. The van der Waals surface area contributed by atoms with E-state index in [-0.39, 0.29) is 5.41 Å². The highest BCUT2D eigenvalue weighted by atomic mass is 16.5. The normalized spacial score (nSPS) is 35.9. The Balaban J connectivity index is 1.98. The molecule has 0 unspecified atom stereocenters. The lowest BCUT2D eigenvalue weighted by Gasteiger charge is -2.45. The van der Waals surface area contributed by atoms with E-state index in [2.05, 4.69) is 19.1 Å². The minimum atomic E-state index is 0.246. The summed E-state index contributed by atoms with van der Waals surface area (Å²) in [5.41, 5.74) is 3.21. The molecule has 96 valence electrons. The second-order valence-corrected chi connectivity index (χ2v) is 6.19.